The molecule has 1 fully saturated rings. The number of hydrogen-bond acceptors (Lipinski definition) is 4. The number of ether oxygens (including phenoxy) is 1. The van der Waals surface area contributed by atoms with Gasteiger partial charge in [0.2, 0.25) is 10.0 Å². The molecule has 0 saturated carbocycles. The topological polar surface area (TPSA) is 75.7 Å². The van der Waals surface area contributed by atoms with Crippen molar-refractivity contribution >= 4 is 21.6 Å². The maximum atomic E-state index is 13.0. The molecule has 1 atom stereocenters. The van der Waals surface area contributed by atoms with Crippen LogP contribution in [0, 0.1) is 0 Å². The number of sulfonamides is 1. The molecule has 6 nitrogen and oxygen atoms in total. The van der Waals surface area contributed by atoms with E-state index < -0.39 is 10.0 Å². The Kier molecular flexibility index (Phi) is 6.58. The maximum Gasteiger partial charge on any atom is 0.255 e. The standard InChI is InChI=1S/C25H26N2O4S/c1-19-9-7-8-18-27(19)32(29,30)22-16-14-20(15-17-22)25(28)26-23-12-5-6-13-24(23)31-21-10-3-2-4-11-21/h2-6,10-17,19H,7-9,18H2,1H3,(H,26,28)/t19-/m1/s1. The molecular weight excluding hydrogens is 424 g/mol. The molecule has 1 heterocycles. The number of nitrogens with one attached hydrogen (secondary N) is 1. The van der Waals surface area contributed by atoms with E-state index in [9.17, 15) is 13.2 Å². The van der Waals surface area contributed by atoms with Gasteiger partial charge in [-0.2, -0.15) is 4.31 Å². The van der Waals surface area contributed by atoms with Crippen molar-refractivity contribution in [3.8, 4) is 11.5 Å². The number of benzene rings is 3. The fraction of sp³-hybridized carbons (Fsp3) is 0.240. The third kappa shape index (κ3) is 4.84. The molecular formula is C25H26N2O4S. The first kappa shape index (κ1) is 22.0. The van der Waals surface area contributed by atoms with Crippen molar-refractivity contribution in [1.29, 1.82) is 0 Å². The number of amides is 1. The number of rotatable bonds is 6. The van der Waals surface area contributed by atoms with E-state index in [2.05, 4.69) is 5.32 Å². The molecule has 1 saturated heterocycles. The lowest BCUT2D eigenvalue weighted by molar-refractivity contribution is 0.102. The average molecular weight is 451 g/mol. The predicted octanol–water partition coefficient (Wildman–Crippen LogP) is 5.29. The second-order valence-electron chi connectivity index (χ2n) is 7.85. The van der Waals surface area contributed by atoms with Crippen LogP contribution < -0.4 is 10.1 Å². The monoisotopic (exact) mass is 450 g/mol. The van der Waals surface area contributed by atoms with Crippen molar-refractivity contribution in [3.63, 3.8) is 0 Å². The molecule has 7 heteroatoms. The summed E-state index contributed by atoms with van der Waals surface area (Å²) in [5.74, 6) is 0.838. The molecule has 166 valence electrons. The Labute approximate surface area is 188 Å². The average Bonchev–Trinajstić information content (AvgIpc) is 2.81. The van der Waals surface area contributed by atoms with Gasteiger partial charge in [0.05, 0.1) is 10.6 Å². The van der Waals surface area contributed by atoms with E-state index in [1.807, 2.05) is 49.4 Å². The summed E-state index contributed by atoms with van der Waals surface area (Å²) in [6.07, 6.45) is 2.78. The van der Waals surface area contributed by atoms with Crippen LogP contribution in [0.5, 0.6) is 11.5 Å². The van der Waals surface area contributed by atoms with E-state index in [-0.39, 0.29) is 16.8 Å². The Morgan fingerprint density at radius 1 is 0.938 bits per heavy atom. The molecule has 1 N–H and O–H groups in total. The molecule has 3 aromatic carbocycles. The van der Waals surface area contributed by atoms with Crippen molar-refractivity contribution in [2.45, 2.75) is 37.1 Å². The number of hydrogen-bond donors (Lipinski definition) is 1. The van der Waals surface area contributed by atoms with Crippen LogP contribution in [0.2, 0.25) is 0 Å². The summed E-state index contributed by atoms with van der Waals surface area (Å²) in [5.41, 5.74) is 0.894. The summed E-state index contributed by atoms with van der Waals surface area (Å²) in [7, 11) is -3.57. The van der Waals surface area contributed by atoms with Gasteiger partial charge in [0.1, 0.15) is 5.75 Å². The Morgan fingerprint density at radius 3 is 2.34 bits per heavy atom. The molecule has 0 radical (unpaired) electrons. The summed E-state index contributed by atoms with van der Waals surface area (Å²) in [5, 5.41) is 2.85. The van der Waals surface area contributed by atoms with E-state index in [1.54, 1.807) is 16.4 Å². The zero-order valence-corrected chi connectivity index (χ0v) is 18.7. The fourth-order valence-corrected chi connectivity index (χ4v) is 5.51. The van der Waals surface area contributed by atoms with E-state index in [0.717, 1.165) is 19.3 Å². The second-order valence-corrected chi connectivity index (χ2v) is 9.74. The van der Waals surface area contributed by atoms with Crippen molar-refractivity contribution in [1.82, 2.24) is 4.31 Å². The third-order valence-electron chi connectivity index (χ3n) is 5.57. The van der Waals surface area contributed by atoms with Gasteiger partial charge in [-0.3, -0.25) is 4.79 Å². The van der Waals surface area contributed by atoms with Crippen molar-refractivity contribution in [2.75, 3.05) is 11.9 Å². The van der Waals surface area contributed by atoms with Crippen LogP contribution >= 0.6 is 0 Å². The first-order valence-electron chi connectivity index (χ1n) is 10.7. The van der Waals surface area contributed by atoms with E-state index in [0.29, 0.717) is 29.3 Å². The number of anilines is 1. The van der Waals surface area contributed by atoms with Crippen LogP contribution in [-0.2, 0) is 10.0 Å². The number of carbonyl (C=O) groups excluding carboxylic acids is 1. The summed E-state index contributed by atoms with van der Waals surface area (Å²) in [6, 6.07) is 22.5. The van der Waals surface area contributed by atoms with Crippen LogP contribution in [0.15, 0.2) is 83.8 Å². The zero-order chi connectivity index (χ0) is 22.6. The number of piperidine rings is 1. The second kappa shape index (κ2) is 9.54. The third-order valence-corrected chi connectivity index (χ3v) is 7.60. The van der Waals surface area contributed by atoms with Gasteiger partial charge in [0, 0.05) is 18.2 Å². The van der Waals surface area contributed by atoms with Gasteiger partial charge in [-0.1, -0.05) is 36.8 Å². The highest BCUT2D eigenvalue weighted by Gasteiger charge is 2.30. The van der Waals surface area contributed by atoms with Crippen molar-refractivity contribution < 1.29 is 17.9 Å². The summed E-state index contributed by atoms with van der Waals surface area (Å²) in [6.45, 7) is 2.47. The molecule has 0 aliphatic carbocycles. The number of para-hydroxylation sites is 3. The minimum atomic E-state index is -3.57. The van der Waals surface area contributed by atoms with Gasteiger partial charge in [0.15, 0.2) is 5.75 Å². The lowest BCUT2D eigenvalue weighted by Gasteiger charge is -2.32. The van der Waals surface area contributed by atoms with Gasteiger partial charge in [-0.25, -0.2) is 8.42 Å². The highest BCUT2D eigenvalue weighted by atomic mass is 32.2. The maximum absolute atomic E-state index is 13.0. The van der Waals surface area contributed by atoms with E-state index >= 15 is 0 Å². The van der Waals surface area contributed by atoms with Gasteiger partial charge < -0.3 is 10.1 Å². The molecule has 1 aliphatic heterocycles. The van der Waals surface area contributed by atoms with E-state index in [1.165, 1.54) is 24.3 Å². The van der Waals surface area contributed by atoms with Crippen LogP contribution in [0.1, 0.15) is 36.5 Å². The number of carbonyl (C=O) groups is 1. The van der Waals surface area contributed by atoms with Gasteiger partial charge in [-0.05, 0) is 68.3 Å². The van der Waals surface area contributed by atoms with Crippen LogP contribution in [-0.4, -0.2) is 31.2 Å². The Hall–Kier alpha value is -3.16. The predicted molar refractivity (Wildman–Crippen MR) is 125 cm³/mol. The smallest absolute Gasteiger partial charge is 0.255 e. The number of nitrogens with zero attached hydrogens (tertiary/aromatic N) is 1. The molecule has 32 heavy (non-hydrogen) atoms. The fourth-order valence-electron chi connectivity index (χ4n) is 3.81. The molecule has 0 spiro atoms. The molecule has 1 amide bonds. The lowest BCUT2D eigenvalue weighted by atomic mass is 10.1. The molecule has 3 aromatic rings. The lowest BCUT2D eigenvalue weighted by Crippen LogP contribution is -2.41. The Morgan fingerprint density at radius 2 is 1.62 bits per heavy atom. The van der Waals surface area contributed by atoms with Crippen LogP contribution in [0.3, 0.4) is 0 Å². The first-order valence-corrected chi connectivity index (χ1v) is 12.1. The van der Waals surface area contributed by atoms with Crippen LogP contribution in [0.25, 0.3) is 0 Å². The van der Waals surface area contributed by atoms with E-state index in [4.69, 9.17) is 4.74 Å². The highest BCUT2D eigenvalue weighted by Crippen LogP contribution is 2.30. The van der Waals surface area contributed by atoms with Crippen molar-refractivity contribution in [2.24, 2.45) is 0 Å². The highest BCUT2D eigenvalue weighted by molar-refractivity contribution is 7.89. The SMILES string of the molecule is C[C@@H]1CCCCN1S(=O)(=O)c1ccc(C(=O)Nc2ccccc2Oc2ccccc2)cc1. The summed E-state index contributed by atoms with van der Waals surface area (Å²) >= 11 is 0. The van der Waals surface area contributed by atoms with Gasteiger partial charge in [0.25, 0.3) is 5.91 Å². The zero-order valence-electron chi connectivity index (χ0n) is 17.9. The Bertz CT molecular complexity index is 1180. The summed E-state index contributed by atoms with van der Waals surface area (Å²) < 4.78 is 33.4. The Balaban J connectivity index is 1.49. The summed E-state index contributed by atoms with van der Waals surface area (Å²) in [4.78, 5) is 13.0. The molecule has 0 bridgehead atoms. The van der Waals surface area contributed by atoms with Gasteiger partial charge >= 0.3 is 0 Å². The molecule has 0 aromatic heterocycles. The quantitative estimate of drug-likeness (QED) is 0.553. The first-order chi connectivity index (χ1) is 15.4. The largest absolute Gasteiger partial charge is 0.455 e. The molecule has 1 aliphatic rings. The van der Waals surface area contributed by atoms with Crippen molar-refractivity contribution in [3.05, 3.63) is 84.4 Å². The van der Waals surface area contributed by atoms with Crippen LogP contribution in [0.4, 0.5) is 5.69 Å². The molecule has 4 rings (SSSR count). The normalized spacial score (nSPS) is 17.0. The molecule has 0 unspecified atom stereocenters. The van der Waals surface area contributed by atoms with Gasteiger partial charge in [-0.15, -0.1) is 0 Å². The minimum Gasteiger partial charge on any atom is -0.455 e. The minimum absolute atomic E-state index is 0.0159.